The van der Waals surface area contributed by atoms with Crippen molar-refractivity contribution in [3.05, 3.63) is 57.1 Å². The molecule has 0 aliphatic carbocycles. The van der Waals surface area contributed by atoms with Crippen LogP contribution in [0.4, 0.5) is 0 Å². The average molecular weight is 376 g/mol. The van der Waals surface area contributed by atoms with Crippen LogP contribution in [0, 0.1) is 0 Å². The van der Waals surface area contributed by atoms with E-state index in [-0.39, 0.29) is 13.2 Å². The number of hydrogen-bond donors (Lipinski definition) is 1. The molecule has 0 radical (unpaired) electrons. The fraction of sp³-hybridized carbons (Fsp3) is 0.333. The van der Waals surface area contributed by atoms with Gasteiger partial charge in [0.25, 0.3) is 0 Å². The van der Waals surface area contributed by atoms with Crippen molar-refractivity contribution < 1.29 is 13.6 Å². The van der Waals surface area contributed by atoms with E-state index in [0.29, 0.717) is 11.0 Å². The molecule has 7 nitrogen and oxygen atoms in total. The normalized spacial score (nSPS) is 13.3. The van der Waals surface area contributed by atoms with E-state index in [2.05, 4.69) is 4.98 Å². The third-order valence-electron chi connectivity index (χ3n) is 4.25. The van der Waals surface area contributed by atoms with Gasteiger partial charge in [-0.1, -0.05) is 30.3 Å². The van der Waals surface area contributed by atoms with E-state index in [1.807, 2.05) is 30.3 Å². The molecule has 26 heavy (non-hydrogen) atoms. The Morgan fingerprint density at radius 1 is 1.08 bits per heavy atom. The van der Waals surface area contributed by atoms with E-state index in [1.54, 1.807) is 26.8 Å². The lowest BCUT2D eigenvalue weighted by Crippen LogP contribution is -2.38. The number of hydrogen-bond acceptors (Lipinski definition) is 5. The lowest BCUT2D eigenvalue weighted by atomic mass is 10.1. The van der Waals surface area contributed by atoms with Gasteiger partial charge in [-0.05, 0) is 32.2 Å². The molecular weight excluding hydrogens is 355 g/mol. The Balaban J connectivity index is 2.42. The third-order valence-corrected chi connectivity index (χ3v) is 6.63. The highest BCUT2D eigenvalue weighted by atomic mass is 31.2. The Bertz CT molecular complexity index is 1110. The lowest BCUT2D eigenvalue weighted by Gasteiger charge is -2.26. The third kappa shape index (κ3) is 3.03. The molecule has 2 aromatic carbocycles. The largest absolute Gasteiger partial charge is 0.353 e. The number of aromatic amines is 1. The second kappa shape index (κ2) is 7.19. The van der Waals surface area contributed by atoms with Crippen molar-refractivity contribution in [2.45, 2.75) is 26.6 Å². The molecule has 0 bridgehead atoms. The Morgan fingerprint density at radius 3 is 2.38 bits per heavy atom. The van der Waals surface area contributed by atoms with Gasteiger partial charge in [0.2, 0.25) is 0 Å². The average Bonchev–Trinajstić information content (AvgIpc) is 2.62. The highest BCUT2D eigenvalue weighted by Crippen LogP contribution is 2.58. The zero-order chi connectivity index (χ0) is 18.9. The van der Waals surface area contributed by atoms with E-state index in [9.17, 15) is 14.2 Å². The number of H-pyrrole nitrogens is 1. The van der Waals surface area contributed by atoms with Gasteiger partial charge in [-0.2, -0.15) is 0 Å². The Kier molecular flexibility index (Phi) is 5.14. The van der Waals surface area contributed by atoms with Crippen LogP contribution in [-0.2, 0) is 13.6 Å². The maximum atomic E-state index is 13.2. The van der Waals surface area contributed by atoms with Crippen LogP contribution in [0.3, 0.4) is 0 Å². The first kappa shape index (κ1) is 18.6. The Morgan fingerprint density at radius 2 is 1.73 bits per heavy atom. The summed E-state index contributed by atoms with van der Waals surface area (Å²) < 4.78 is 25.3. The summed E-state index contributed by atoms with van der Waals surface area (Å²) in [4.78, 5) is 27.5. The zero-order valence-corrected chi connectivity index (χ0v) is 15.8. The summed E-state index contributed by atoms with van der Waals surface area (Å²) in [7, 11) is -3.65. The fourth-order valence-corrected chi connectivity index (χ4v) is 4.84. The maximum Gasteiger partial charge on any atom is 0.353 e. The van der Waals surface area contributed by atoms with Gasteiger partial charge in [-0.15, -0.1) is 0 Å². The molecule has 3 rings (SSSR count). The van der Waals surface area contributed by atoms with Crippen LogP contribution in [-0.4, -0.2) is 22.8 Å². The van der Waals surface area contributed by atoms with Crippen LogP contribution < -0.4 is 11.1 Å². The minimum absolute atomic E-state index is 0.165. The fourth-order valence-electron chi connectivity index (χ4n) is 3.11. The van der Waals surface area contributed by atoms with E-state index in [0.717, 1.165) is 10.8 Å². The van der Waals surface area contributed by atoms with Gasteiger partial charge < -0.3 is 14.0 Å². The number of benzene rings is 2. The first-order chi connectivity index (χ1) is 12.4. The summed E-state index contributed by atoms with van der Waals surface area (Å²) in [6.07, 6.45) is 0. The number of rotatable bonds is 6. The molecule has 0 saturated carbocycles. The summed E-state index contributed by atoms with van der Waals surface area (Å²) in [5, 5.41) is 1.67. The summed E-state index contributed by atoms with van der Waals surface area (Å²) in [5.41, 5.74) is -0.584. The van der Waals surface area contributed by atoms with Crippen LogP contribution in [0.2, 0.25) is 0 Å². The van der Waals surface area contributed by atoms with Gasteiger partial charge >= 0.3 is 18.7 Å². The summed E-state index contributed by atoms with van der Waals surface area (Å²) in [6, 6.07) is 11.1. The summed E-state index contributed by atoms with van der Waals surface area (Å²) in [5.74, 6) is -0.953. The zero-order valence-electron chi connectivity index (χ0n) is 14.9. The highest BCUT2D eigenvalue weighted by Gasteiger charge is 2.35. The molecule has 1 atom stereocenters. The van der Waals surface area contributed by atoms with Crippen molar-refractivity contribution in [1.29, 1.82) is 0 Å². The number of nitrogens with one attached hydrogen (secondary N) is 1. The van der Waals surface area contributed by atoms with Crippen LogP contribution in [0.1, 0.15) is 26.6 Å². The molecule has 1 unspecified atom stereocenters. The van der Waals surface area contributed by atoms with E-state index >= 15 is 0 Å². The topological polar surface area (TPSA) is 90.4 Å². The highest BCUT2D eigenvalue weighted by molar-refractivity contribution is 7.53. The van der Waals surface area contributed by atoms with Crippen molar-refractivity contribution in [3.63, 3.8) is 0 Å². The molecule has 1 heterocycles. The minimum atomic E-state index is -3.65. The van der Waals surface area contributed by atoms with E-state index in [1.165, 1.54) is 4.57 Å². The second-order valence-electron chi connectivity index (χ2n) is 5.82. The number of aromatic nitrogens is 2. The van der Waals surface area contributed by atoms with Crippen molar-refractivity contribution >= 4 is 29.4 Å². The minimum Gasteiger partial charge on any atom is -0.316 e. The maximum absolute atomic E-state index is 13.2. The lowest BCUT2D eigenvalue weighted by molar-refractivity contribution is 0.206. The summed E-state index contributed by atoms with van der Waals surface area (Å²) >= 11 is 0. The van der Waals surface area contributed by atoms with Gasteiger partial charge in [-0.25, -0.2) is 0 Å². The van der Waals surface area contributed by atoms with Crippen molar-refractivity contribution in [1.82, 2.24) is 9.55 Å². The molecule has 1 aromatic heterocycles. The van der Waals surface area contributed by atoms with Gasteiger partial charge in [0.05, 0.1) is 24.2 Å². The van der Waals surface area contributed by atoms with Crippen LogP contribution in [0.15, 0.2) is 46.0 Å². The number of fused-ring (bicyclic) bond motifs is 3. The van der Waals surface area contributed by atoms with E-state index in [4.69, 9.17) is 9.05 Å². The molecule has 0 aliphatic rings. The molecule has 0 saturated heterocycles. The van der Waals surface area contributed by atoms with Gasteiger partial charge in [0.15, 0.2) is 0 Å². The first-order valence-electron chi connectivity index (χ1n) is 8.48. The predicted octanol–water partition coefficient (Wildman–Crippen LogP) is 3.63. The van der Waals surface area contributed by atoms with Crippen molar-refractivity contribution in [2.75, 3.05) is 13.2 Å². The first-order valence-corrected chi connectivity index (χ1v) is 10.1. The molecule has 0 fully saturated rings. The molecule has 0 spiro atoms. The number of nitrogens with zero attached hydrogens (tertiary/aromatic N) is 1. The van der Waals surface area contributed by atoms with Gasteiger partial charge in [-0.3, -0.25) is 18.7 Å². The van der Waals surface area contributed by atoms with Crippen LogP contribution in [0.5, 0.6) is 0 Å². The molecule has 3 aromatic rings. The predicted molar refractivity (Wildman–Crippen MR) is 102 cm³/mol. The van der Waals surface area contributed by atoms with Gasteiger partial charge in [0, 0.05) is 5.39 Å². The smallest absolute Gasteiger partial charge is 0.316 e. The molecule has 1 N–H and O–H groups in total. The molecule has 0 amide bonds. The quantitative estimate of drug-likeness (QED) is 0.403. The SMILES string of the molecule is CCOP(=O)(OCC)C(C)n1c(=O)c(=O)[nH]c2ccc3ccccc3c21. The molecule has 138 valence electrons. The van der Waals surface area contributed by atoms with Crippen molar-refractivity contribution in [3.8, 4) is 0 Å². The molecule has 0 aliphatic heterocycles. The molecular formula is C18H21N2O5P. The Hall–Kier alpha value is -2.21. The van der Waals surface area contributed by atoms with Gasteiger partial charge in [0.1, 0.15) is 5.78 Å². The second-order valence-corrected chi connectivity index (χ2v) is 8.16. The standard InChI is InChI=1S/C18H21N2O5P/c1-4-24-26(23,25-5-2)12(3)20-16-14-9-7-6-8-13(14)10-11-15(16)19-17(21)18(20)22/h6-12H,4-5H2,1-3H3,(H,19,21). The Labute approximate surface area is 150 Å². The van der Waals surface area contributed by atoms with E-state index < -0.39 is 24.5 Å². The molecule has 8 heteroatoms. The monoisotopic (exact) mass is 376 g/mol. The van der Waals surface area contributed by atoms with Crippen LogP contribution in [0.25, 0.3) is 21.8 Å². The van der Waals surface area contributed by atoms with Crippen LogP contribution >= 0.6 is 7.60 Å². The summed E-state index contributed by atoms with van der Waals surface area (Å²) in [6.45, 7) is 5.31. The van der Waals surface area contributed by atoms with Crippen molar-refractivity contribution in [2.24, 2.45) is 0 Å².